The van der Waals surface area contributed by atoms with Crippen LogP contribution >= 0.6 is 0 Å². The molecule has 1 heterocycles. The van der Waals surface area contributed by atoms with Gasteiger partial charge in [0.25, 0.3) is 0 Å². The van der Waals surface area contributed by atoms with E-state index in [1.807, 2.05) is 0 Å². The van der Waals surface area contributed by atoms with Gasteiger partial charge in [0.15, 0.2) is 0 Å². The molecule has 4 rings (SSSR count). The van der Waals surface area contributed by atoms with Crippen LogP contribution < -0.4 is 4.74 Å². The highest BCUT2D eigenvalue weighted by Crippen LogP contribution is 2.55. The molecule has 20 heavy (non-hydrogen) atoms. The van der Waals surface area contributed by atoms with Crippen LogP contribution in [-0.4, -0.2) is 31.6 Å². The zero-order chi connectivity index (χ0) is 13.7. The van der Waals surface area contributed by atoms with Gasteiger partial charge in [0, 0.05) is 11.5 Å². The summed E-state index contributed by atoms with van der Waals surface area (Å²) in [4.78, 5) is 2.63. The number of nitrogens with zero attached hydrogens (tertiary/aromatic N) is 1. The Morgan fingerprint density at radius 2 is 2.20 bits per heavy atom. The Bertz CT molecular complexity index is 526. The molecular formula is C18H25NO. The molecule has 1 saturated heterocycles. The van der Waals surface area contributed by atoms with Crippen LogP contribution in [-0.2, 0) is 11.8 Å². The van der Waals surface area contributed by atoms with E-state index in [9.17, 15) is 0 Å². The summed E-state index contributed by atoms with van der Waals surface area (Å²) in [7, 11) is 4.12. The number of likely N-dealkylation sites (N-methyl/N-ethyl adjacent to an activating group) is 1. The summed E-state index contributed by atoms with van der Waals surface area (Å²) in [6, 6.07) is 7.60. The predicted octanol–water partition coefficient (Wildman–Crippen LogP) is 3.38. The molecule has 1 aromatic rings. The highest BCUT2D eigenvalue weighted by Gasteiger charge is 2.53. The number of hydrogen-bond donors (Lipinski definition) is 0. The lowest BCUT2D eigenvalue weighted by Crippen LogP contribution is -2.59. The highest BCUT2D eigenvalue weighted by atomic mass is 16.6. The van der Waals surface area contributed by atoms with E-state index in [-0.39, 0.29) is 0 Å². The van der Waals surface area contributed by atoms with E-state index in [0.717, 1.165) is 17.7 Å². The number of piperidine rings is 1. The van der Waals surface area contributed by atoms with Crippen LogP contribution in [0.25, 0.3) is 0 Å². The summed E-state index contributed by atoms with van der Waals surface area (Å²) in [5.74, 6) is 1.91. The minimum atomic E-state index is 0.456. The van der Waals surface area contributed by atoms with E-state index < -0.39 is 0 Å². The topological polar surface area (TPSA) is 12.5 Å². The first-order valence-electron chi connectivity index (χ1n) is 8.12. The smallest absolute Gasteiger partial charge is 0.119 e. The Kier molecular flexibility index (Phi) is 2.85. The number of benzene rings is 1. The monoisotopic (exact) mass is 273 g/mol. The molecule has 1 saturated carbocycles. The van der Waals surface area contributed by atoms with Crippen molar-refractivity contribution in [2.75, 3.05) is 20.7 Å². The lowest BCUT2D eigenvalue weighted by atomic mass is 9.52. The number of fused-ring (bicyclic) bond motifs is 1. The summed E-state index contributed by atoms with van der Waals surface area (Å²) in [5.41, 5.74) is 3.67. The molecule has 0 radical (unpaired) electrons. The quantitative estimate of drug-likeness (QED) is 0.777. The van der Waals surface area contributed by atoms with E-state index >= 15 is 0 Å². The van der Waals surface area contributed by atoms with Crippen molar-refractivity contribution >= 4 is 0 Å². The summed E-state index contributed by atoms with van der Waals surface area (Å²) in [6.45, 7) is 1.26. The van der Waals surface area contributed by atoms with Gasteiger partial charge in [-0.15, -0.1) is 0 Å². The fourth-order valence-electron chi connectivity index (χ4n) is 5.30. The average molecular weight is 273 g/mol. The Morgan fingerprint density at radius 3 is 3.05 bits per heavy atom. The van der Waals surface area contributed by atoms with Crippen molar-refractivity contribution in [3.8, 4) is 5.75 Å². The predicted molar refractivity (Wildman–Crippen MR) is 81.4 cm³/mol. The van der Waals surface area contributed by atoms with Gasteiger partial charge in [-0.05, 0) is 68.5 Å². The second-order valence-electron chi connectivity index (χ2n) is 7.03. The zero-order valence-corrected chi connectivity index (χ0v) is 12.7. The van der Waals surface area contributed by atoms with Crippen molar-refractivity contribution in [1.82, 2.24) is 4.90 Å². The van der Waals surface area contributed by atoms with Gasteiger partial charge < -0.3 is 9.64 Å². The maximum absolute atomic E-state index is 5.51. The van der Waals surface area contributed by atoms with E-state index in [0.29, 0.717) is 5.41 Å². The molecule has 1 aromatic carbocycles. The molecule has 0 spiro atoms. The first kappa shape index (κ1) is 12.7. The molecule has 108 valence electrons. The summed E-state index contributed by atoms with van der Waals surface area (Å²) in [6.07, 6.45) is 8.22. The normalized spacial score (nSPS) is 36.1. The van der Waals surface area contributed by atoms with Crippen LogP contribution in [0.1, 0.15) is 43.2 Å². The fraction of sp³-hybridized carbons (Fsp3) is 0.667. The first-order valence-corrected chi connectivity index (χ1v) is 8.12. The van der Waals surface area contributed by atoms with Gasteiger partial charge in [0.05, 0.1) is 7.11 Å². The Balaban J connectivity index is 1.88. The van der Waals surface area contributed by atoms with Crippen LogP contribution in [0.5, 0.6) is 5.75 Å². The lowest BCUT2D eigenvalue weighted by molar-refractivity contribution is 0.00274. The van der Waals surface area contributed by atoms with Gasteiger partial charge in [-0.2, -0.15) is 0 Å². The summed E-state index contributed by atoms with van der Waals surface area (Å²) < 4.78 is 5.51. The molecule has 2 bridgehead atoms. The molecule has 2 fully saturated rings. The van der Waals surface area contributed by atoms with Crippen molar-refractivity contribution in [1.29, 1.82) is 0 Å². The third-order valence-electron chi connectivity index (χ3n) is 6.32. The fourth-order valence-corrected chi connectivity index (χ4v) is 5.30. The highest BCUT2D eigenvalue weighted by molar-refractivity contribution is 5.45. The number of likely N-dealkylation sites (tertiary alicyclic amines) is 1. The average Bonchev–Trinajstić information content (AvgIpc) is 2.50. The molecule has 0 amide bonds. The molecule has 3 atom stereocenters. The molecule has 0 aromatic heterocycles. The van der Waals surface area contributed by atoms with Crippen molar-refractivity contribution in [2.24, 2.45) is 5.92 Å². The number of rotatable bonds is 1. The van der Waals surface area contributed by atoms with Crippen LogP contribution in [0.2, 0.25) is 0 Å². The van der Waals surface area contributed by atoms with Crippen LogP contribution in [0.15, 0.2) is 18.2 Å². The van der Waals surface area contributed by atoms with Crippen molar-refractivity contribution in [3.63, 3.8) is 0 Å². The van der Waals surface area contributed by atoms with E-state index in [1.54, 1.807) is 18.2 Å². The van der Waals surface area contributed by atoms with Gasteiger partial charge in [0.1, 0.15) is 5.75 Å². The van der Waals surface area contributed by atoms with Crippen molar-refractivity contribution < 1.29 is 4.74 Å². The molecular weight excluding hydrogens is 248 g/mol. The molecule has 2 nitrogen and oxygen atoms in total. The van der Waals surface area contributed by atoms with Gasteiger partial charge in [0.2, 0.25) is 0 Å². The summed E-state index contributed by atoms with van der Waals surface area (Å²) >= 11 is 0. The largest absolute Gasteiger partial charge is 0.497 e. The third kappa shape index (κ3) is 1.60. The first-order chi connectivity index (χ1) is 9.74. The number of ether oxygens (including phenoxy) is 1. The zero-order valence-electron chi connectivity index (χ0n) is 12.7. The second-order valence-corrected chi connectivity index (χ2v) is 7.03. The SMILES string of the molecule is CN1CC[C@@]23CCCCC2[C@@H]1Cc1ccc(O[14CH3])cc13. The number of methoxy groups -OCH3 is 1. The maximum atomic E-state index is 5.51. The maximum Gasteiger partial charge on any atom is 0.119 e. The molecule has 3 aliphatic rings. The standard InChI is InChI=1S/C18H25NO/c1-19-10-9-18-8-4-3-5-15(18)17(19)11-13-6-7-14(20-2)12-16(13)18/h6-7,12,15,17H,3-5,8-11H2,1-2H3/t15?,17-,18-/m0/s1/i2+2. The van der Waals surface area contributed by atoms with Crippen molar-refractivity contribution in [2.45, 2.75) is 50.0 Å². The minimum Gasteiger partial charge on any atom is -0.497 e. The molecule has 1 aliphatic heterocycles. The molecule has 1 unspecified atom stereocenters. The van der Waals surface area contributed by atoms with E-state index in [1.165, 1.54) is 45.1 Å². The Labute approximate surface area is 122 Å². The Morgan fingerprint density at radius 1 is 1.30 bits per heavy atom. The molecule has 0 N–H and O–H groups in total. The summed E-state index contributed by atoms with van der Waals surface area (Å²) in [5, 5.41) is 0. The van der Waals surface area contributed by atoms with Crippen LogP contribution in [0, 0.1) is 5.92 Å². The molecule has 2 heteroatoms. The third-order valence-corrected chi connectivity index (χ3v) is 6.32. The Hall–Kier alpha value is -1.02. The van der Waals surface area contributed by atoms with Gasteiger partial charge in [-0.1, -0.05) is 18.9 Å². The number of hydrogen-bond acceptors (Lipinski definition) is 2. The van der Waals surface area contributed by atoms with Gasteiger partial charge >= 0.3 is 0 Å². The van der Waals surface area contributed by atoms with Crippen LogP contribution in [0.3, 0.4) is 0 Å². The van der Waals surface area contributed by atoms with Crippen molar-refractivity contribution in [3.05, 3.63) is 29.3 Å². The van der Waals surface area contributed by atoms with Gasteiger partial charge in [-0.25, -0.2) is 0 Å². The van der Waals surface area contributed by atoms with E-state index in [2.05, 4.69) is 30.1 Å². The second kappa shape index (κ2) is 4.49. The molecule has 2 aliphatic carbocycles. The van der Waals surface area contributed by atoms with E-state index in [4.69, 9.17) is 4.74 Å². The minimum absolute atomic E-state index is 0.456. The lowest BCUT2D eigenvalue weighted by Gasteiger charge is -2.58. The van der Waals surface area contributed by atoms with Crippen LogP contribution in [0.4, 0.5) is 0 Å². The van der Waals surface area contributed by atoms with Gasteiger partial charge in [-0.3, -0.25) is 0 Å².